The fourth-order valence-electron chi connectivity index (χ4n) is 1.56. The number of rotatable bonds is 1. The Morgan fingerprint density at radius 1 is 1.13 bits per heavy atom. The number of fused-ring (bicyclic) bond motifs is 1. The van der Waals surface area contributed by atoms with Crippen LogP contribution in [0.1, 0.15) is 10.4 Å². The molecule has 0 aliphatic heterocycles. The molecule has 0 aliphatic carbocycles. The van der Waals surface area contributed by atoms with Crippen molar-refractivity contribution in [3.8, 4) is 5.75 Å². The Morgan fingerprint density at radius 2 is 1.80 bits per heavy atom. The van der Waals surface area contributed by atoms with Gasteiger partial charge in [-0.2, -0.15) is 0 Å². The number of hydrazine groups is 1. The van der Waals surface area contributed by atoms with E-state index in [1.807, 2.05) is 0 Å². The Morgan fingerprint density at radius 3 is 2.47 bits per heavy atom. The molecule has 2 rings (SSSR count). The molecule has 0 atom stereocenters. The summed E-state index contributed by atoms with van der Waals surface area (Å²) < 4.78 is 0. The first-order valence-electron chi connectivity index (χ1n) is 4.45. The zero-order valence-electron chi connectivity index (χ0n) is 7.90. The third kappa shape index (κ3) is 1.51. The Bertz CT molecular complexity index is 523. The molecule has 76 valence electrons. The van der Waals surface area contributed by atoms with Gasteiger partial charge in [-0.25, -0.2) is 5.84 Å². The van der Waals surface area contributed by atoms with Crippen LogP contribution in [-0.4, -0.2) is 11.0 Å². The summed E-state index contributed by atoms with van der Waals surface area (Å²) in [4.78, 5) is 11.4. The maximum Gasteiger partial charge on any atom is 0.265 e. The molecule has 0 unspecified atom stereocenters. The molecular weight excluding hydrogens is 192 g/mol. The van der Waals surface area contributed by atoms with E-state index in [1.165, 1.54) is 6.07 Å². The number of carbonyl (C=O) groups excluding carboxylic acids is 1. The van der Waals surface area contributed by atoms with Gasteiger partial charge in [0.25, 0.3) is 5.91 Å². The van der Waals surface area contributed by atoms with Crippen LogP contribution in [0.3, 0.4) is 0 Å². The first kappa shape index (κ1) is 9.48. The lowest BCUT2D eigenvalue weighted by atomic mass is 10.0. The molecule has 15 heavy (non-hydrogen) atoms. The van der Waals surface area contributed by atoms with Crippen LogP contribution in [0, 0.1) is 0 Å². The second-order valence-corrected chi connectivity index (χ2v) is 3.15. The first-order valence-corrected chi connectivity index (χ1v) is 4.45. The van der Waals surface area contributed by atoms with E-state index in [0.29, 0.717) is 16.3 Å². The third-order valence-corrected chi connectivity index (χ3v) is 2.28. The normalized spacial score (nSPS) is 10.2. The molecule has 0 saturated carbocycles. The van der Waals surface area contributed by atoms with Crippen molar-refractivity contribution < 1.29 is 9.90 Å². The molecule has 0 radical (unpaired) electrons. The number of phenols is 1. The van der Waals surface area contributed by atoms with Crippen molar-refractivity contribution in [1.29, 1.82) is 0 Å². The monoisotopic (exact) mass is 202 g/mol. The van der Waals surface area contributed by atoms with Crippen LogP contribution < -0.4 is 11.3 Å². The van der Waals surface area contributed by atoms with Crippen molar-refractivity contribution in [2.45, 2.75) is 0 Å². The molecule has 0 aliphatic rings. The number of amides is 1. The van der Waals surface area contributed by atoms with Gasteiger partial charge in [0.2, 0.25) is 0 Å². The van der Waals surface area contributed by atoms with Gasteiger partial charge in [-0.15, -0.1) is 0 Å². The molecule has 2 aromatic carbocycles. The predicted octanol–water partition coefficient (Wildman–Crippen LogP) is 1.15. The number of benzene rings is 2. The van der Waals surface area contributed by atoms with Crippen molar-refractivity contribution in [3.63, 3.8) is 0 Å². The number of aromatic hydroxyl groups is 1. The van der Waals surface area contributed by atoms with E-state index >= 15 is 0 Å². The highest BCUT2D eigenvalue weighted by Gasteiger charge is 2.09. The third-order valence-electron chi connectivity index (χ3n) is 2.28. The smallest absolute Gasteiger partial charge is 0.265 e. The Hall–Kier alpha value is -2.07. The number of hydrogen-bond donors (Lipinski definition) is 3. The van der Waals surface area contributed by atoms with Crippen LogP contribution in [0.5, 0.6) is 5.75 Å². The van der Waals surface area contributed by atoms with E-state index < -0.39 is 0 Å². The molecule has 4 nitrogen and oxygen atoms in total. The summed E-state index contributed by atoms with van der Waals surface area (Å²) in [5.41, 5.74) is 2.52. The quantitative estimate of drug-likeness (QED) is 0.369. The maximum absolute atomic E-state index is 11.4. The number of phenolic OH excluding ortho intramolecular Hbond substituents is 1. The highest BCUT2D eigenvalue weighted by atomic mass is 16.3. The number of carbonyl (C=O) groups is 1. The SMILES string of the molecule is NNC(=O)c1ccc(O)c2ccccc12. The van der Waals surface area contributed by atoms with E-state index in [9.17, 15) is 9.90 Å². The molecule has 0 fully saturated rings. The Kier molecular flexibility index (Phi) is 2.27. The summed E-state index contributed by atoms with van der Waals surface area (Å²) in [5, 5.41) is 10.9. The largest absolute Gasteiger partial charge is 0.507 e. The zero-order chi connectivity index (χ0) is 10.8. The van der Waals surface area contributed by atoms with Gasteiger partial charge in [0, 0.05) is 10.9 Å². The van der Waals surface area contributed by atoms with Crippen LogP contribution in [-0.2, 0) is 0 Å². The maximum atomic E-state index is 11.4. The average molecular weight is 202 g/mol. The molecule has 1 amide bonds. The standard InChI is InChI=1S/C11H10N2O2/c12-13-11(15)9-5-6-10(14)8-4-2-1-3-7(8)9/h1-6,14H,12H2,(H,13,15). The topological polar surface area (TPSA) is 75.3 Å². The molecule has 0 heterocycles. The van der Waals surface area contributed by atoms with Gasteiger partial charge in [-0.05, 0) is 17.5 Å². The molecular formula is C11H10N2O2. The molecule has 0 saturated heterocycles. The molecule has 0 spiro atoms. The van der Waals surface area contributed by atoms with Crippen molar-refractivity contribution >= 4 is 16.7 Å². The van der Waals surface area contributed by atoms with Gasteiger partial charge in [0.1, 0.15) is 5.75 Å². The minimum atomic E-state index is -0.369. The summed E-state index contributed by atoms with van der Waals surface area (Å²) in [7, 11) is 0. The van der Waals surface area contributed by atoms with Gasteiger partial charge in [0.05, 0.1) is 0 Å². The molecule has 4 heteroatoms. The van der Waals surface area contributed by atoms with Crippen molar-refractivity contribution in [2.75, 3.05) is 0 Å². The van der Waals surface area contributed by atoms with E-state index in [1.54, 1.807) is 30.3 Å². The van der Waals surface area contributed by atoms with Gasteiger partial charge < -0.3 is 5.11 Å². The summed E-state index contributed by atoms with van der Waals surface area (Å²) in [5.74, 6) is 4.85. The van der Waals surface area contributed by atoms with Crippen molar-refractivity contribution in [3.05, 3.63) is 42.0 Å². The second kappa shape index (κ2) is 3.59. The number of nitrogens with one attached hydrogen (secondary N) is 1. The second-order valence-electron chi connectivity index (χ2n) is 3.15. The summed E-state index contributed by atoms with van der Waals surface area (Å²) in [6, 6.07) is 10.1. The van der Waals surface area contributed by atoms with Gasteiger partial charge in [0.15, 0.2) is 0 Å². The lowest BCUT2D eigenvalue weighted by molar-refractivity contribution is 0.0955. The lowest BCUT2D eigenvalue weighted by Gasteiger charge is -2.06. The van der Waals surface area contributed by atoms with E-state index in [0.717, 1.165) is 0 Å². The van der Waals surface area contributed by atoms with E-state index in [-0.39, 0.29) is 11.7 Å². The zero-order valence-corrected chi connectivity index (χ0v) is 7.90. The molecule has 0 bridgehead atoms. The fraction of sp³-hybridized carbons (Fsp3) is 0. The molecule has 0 aromatic heterocycles. The number of nitrogen functional groups attached to an aromatic ring is 1. The van der Waals surface area contributed by atoms with Gasteiger partial charge in [-0.1, -0.05) is 24.3 Å². The van der Waals surface area contributed by atoms with Crippen LogP contribution >= 0.6 is 0 Å². The summed E-state index contributed by atoms with van der Waals surface area (Å²) in [6.45, 7) is 0. The van der Waals surface area contributed by atoms with E-state index in [2.05, 4.69) is 5.43 Å². The van der Waals surface area contributed by atoms with E-state index in [4.69, 9.17) is 5.84 Å². The Balaban J connectivity index is 2.77. The average Bonchev–Trinajstić information content (AvgIpc) is 2.29. The van der Waals surface area contributed by atoms with Crippen LogP contribution in [0.4, 0.5) is 0 Å². The molecule has 4 N–H and O–H groups in total. The van der Waals surface area contributed by atoms with Crippen molar-refractivity contribution in [2.24, 2.45) is 5.84 Å². The van der Waals surface area contributed by atoms with Crippen molar-refractivity contribution in [1.82, 2.24) is 5.43 Å². The molecule has 2 aromatic rings. The first-order chi connectivity index (χ1) is 7.24. The highest BCUT2D eigenvalue weighted by molar-refractivity contribution is 6.08. The lowest BCUT2D eigenvalue weighted by Crippen LogP contribution is -2.30. The number of hydrogen-bond acceptors (Lipinski definition) is 3. The van der Waals surface area contributed by atoms with Crippen LogP contribution in [0.2, 0.25) is 0 Å². The predicted molar refractivity (Wildman–Crippen MR) is 57.3 cm³/mol. The van der Waals surface area contributed by atoms with Crippen LogP contribution in [0.25, 0.3) is 10.8 Å². The Labute approximate surface area is 86.3 Å². The minimum absolute atomic E-state index is 0.152. The highest BCUT2D eigenvalue weighted by Crippen LogP contribution is 2.27. The fourth-order valence-corrected chi connectivity index (χ4v) is 1.56. The number of nitrogens with two attached hydrogens (primary N) is 1. The minimum Gasteiger partial charge on any atom is -0.507 e. The van der Waals surface area contributed by atoms with Gasteiger partial charge >= 0.3 is 0 Å². The summed E-state index contributed by atoms with van der Waals surface area (Å²) >= 11 is 0. The summed E-state index contributed by atoms with van der Waals surface area (Å²) in [6.07, 6.45) is 0. The van der Waals surface area contributed by atoms with Crippen LogP contribution in [0.15, 0.2) is 36.4 Å². The van der Waals surface area contributed by atoms with Gasteiger partial charge in [-0.3, -0.25) is 10.2 Å².